The first-order valence-electron chi connectivity index (χ1n) is 11.3. The molecule has 6 rings (SSSR count). The topological polar surface area (TPSA) is 50.7 Å². The van der Waals surface area contributed by atoms with Gasteiger partial charge in [0, 0.05) is 17.0 Å². The van der Waals surface area contributed by atoms with E-state index in [1.807, 2.05) is 0 Å². The molecule has 1 fully saturated rings. The number of rotatable bonds is 3. The van der Waals surface area contributed by atoms with Gasteiger partial charge in [0.25, 0.3) is 0 Å². The number of hydrogen-bond donors (Lipinski definition) is 1. The highest BCUT2D eigenvalue weighted by Gasteiger charge is 2.24. The lowest BCUT2D eigenvalue weighted by Gasteiger charge is -2.23. The summed E-state index contributed by atoms with van der Waals surface area (Å²) < 4.78 is 1.17. The fourth-order valence-electron chi connectivity index (χ4n) is 5.24. The largest absolute Gasteiger partial charge is 0.366 e. The van der Waals surface area contributed by atoms with Crippen LogP contribution in [0.5, 0.6) is 0 Å². The summed E-state index contributed by atoms with van der Waals surface area (Å²) in [5.41, 5.74) is 6.38. The summed E-state index contributed by atoms with van der Waals surface area (Å²) in [7, 11) is 0. The van der Waals surface area contributed by atoms with Gasteiger partial charge in [-0.1, -0.05) is 49.6 Å². The SMILES string of the molecule is c1ccc(-c2nc3sc4c(NC5CCCCC5)ncnc4c3c3c2CCCC3)cc1. The van der Waals surface area contributed by atoms with Crippen LogP contribution in [0.2, 0.25) is 0 Å². The molecule has 30 heavy (non-hydrogen) atoms. The molecule has 2 aliphatic carbocycles. The number of nitrogens with zero attached hydrogens (tertiary/aromatic N) is 3. The maximum Gasteiger partial charge on any atom is 0.147 e. The minimum Gasteiger partial charge on any atom is -0.366 e. The Morgan fingerprint density at radius 2 is 1.67 bits per heavy atom. The van der Waals surface area contributed by atoms with Gasteiger partial charge < -0.3 is 5.32 Å². The Labute approximate surface area is 180 Å². The Balaban J connectivity index is 1.55. The van der Waals surface area contributed by atoms with Crippen molar-refractivity contribution in [3.05, 3.63) is 47.8 Å². The third kappa shape index (κ3) is 3.07. The number of fused-ring (bicyclic) bond motifs is 5. The quantitative estimate of drug-likeness (QED) is 0.414. The number of hydrogen-bond acceptors (Lipinski definition) is 5. The van der Waals surface area contributed by atoms with E-state index in [9.17, 15) is 0 Å². The molecule has 0 radical (unpaired) electrons. The van der Waals surface area contributed by atoms with E-state index >= 15 is 0 Å². The summed E-state index contributed by atoms with van der Waals surface area (Å²) in [5, 5.41) is 5.02. The molecule has 1 saturated carbocycles. The van der Waals surface area contributed by atoms with Crippen molar-refractivity contribution in [1.29, 1.82) is 0 Å². The maximum atomic E-state index is 5.21. The number of aromatic nitrogens is 3. The lowest BCUT2D eigenvalue weighted by atomic mass is 9.87. The second-order valence-corrected chi connectivity index (χ2v) is 9.65. The number of benzene rings is 1. The van der Waals surface area contributed by atoms with Crippen LogP contribution in [0, 0.1) is 0 Å². The molecule has 0 atom stereocenters. The van der Waals surface area contributed by atoms with Gasteiger partial charge in [-0.15, -0.1) is 11.3 Å². The van der Waals surface area contributed by atoms with Gasteiger partial charge in [-0.25, -0.2) is 15.0 Å². The molecule has 1 N–H and O–H groups in total. The van der Waals surface area contributed by atoms with E-state index in [4.69, 9.17) is 9.97 Å². The molecule has 0 aliphatic heterocycles. The van der Waals surface area contributed by atoms with Crippen molar-refractivity contribution in [3.63, 3.8) is 0 Å². The molecule has 152 valence electrons. The fourth-order valence-corrected chi connectivity index (χ4v) is 6.35. The Kier molecular flexibility index (Phi) is 4.64. The highest BCUT2D eigenvalue weighted by molar-refractivity contribution is 7.26. The summed E-state index contributed by atoms with van der Waals surface area (Å²) in [6.45, 7) is 0. The van der Waals surface area contributed by atoms with E-state index in [0.717, 1.165) is 29.0 Å². The Bertz CT molecular complexity index is 1210. The van der Waals surface area contributed by atoms with Crippen LogP contribution in [0.4, 0.5) is 5.82 Å². The van der Waals surface area contributed by atoms with E-state index < -0.39 is 0 Å². The molecule has 1 aromatic carbocycles. The van der Waals surface area contributed by atoms with Crippen LogP contribution in [-0.4, -0.2) is 21.0 Å². The zero-order valence-corrected chi connectivity index (χ0v) is 18.0. The Hall–Kier alpha value is -2.53. The first kappa shape index (κ1) is 18.3. The molecular weight excluding hydrogens is 388 g/mol. The second-order valence-electron chi connectivity index (χ2n) is 8.65. The van der Waals surface area contributed by atoms with Crippen LogP contribution in [-0.2, 0) is 12.8 Å². The molecule has 5 heteroatoms. The van der Waals surface area contributed by atoms with E-state index in [0.29, 0.717) is 6.04 Å². The van der Waals surface area contributed by atoms with Crippen molar-refractivity contribution in [3.8, 4) is 11.3 Å². The fraction of sp³-hybridized carbons (Fsp3) is 0.400. The standard InChI is InChI=1S/C25H26N4S/c1-3-9-16(10-4-1)21-19-14-8-7-13-18(19)20-22-23(30-25(20)29-21)24(27-15-26-22)28-17-11-5-2-6-12-17/h1,3-4,9-10,15,17H,2,5-8,11-14H2,(H,26,27,28). The van der Waals surface area contributed by atoms with Crippen LogP contribution < -0.4 is 5.32 Å². The summed E-state index contributed by atoms with van der Waals surface area (Å²) in [5.74, 6) is 1.00. The van der Waals surface area contributed by atoms with E-state index in [-0.39, 0.29) is 0 Å². The van der Waals surface area contributed by atoms with Crippen molar-refractivity contribution in [2.45, 2.75) is 63.8 Å². The predicted octanol–water partition coefficient (Wildman–Crippen LogP) is 6.53. The van der Waals surface area contributed by atoms with Gasteiger partial charge in [0.15, 0.2) is 0 Å². The summed E-state index contributed by atoms with van der Waals surface area (Å²) in [4.78, 5) is 15.7. The minimum atomic E-state index is 0.531. The molecule has 3 heterocycles. The average Bonchev–Trinajstić information content (AvgIpc) is 3.20. The van der Waals surface area contributed by atoms with Crippen molar-refractivity contribution in [2.24, 2.45) is 0 Å². The van der Waals surface area contributed by atoms with Crippen molar-refractivity contribution in [1.82, 2.24) is 15.0 Å². The van der Waals surface area contributed by atoms with Gasteiger partial charge in [-0.2, -0.15) is 0 Å². The third-order valence-corrected chi connectivity index (χ3v) is 7.79. The monoisotopic (exact) mass is 414 g/mol. The number of aryl methyl sites for hydroxylation is 1. The molecule has 0 bridgehead atoms. The molecule has 4 aromatic rings. The number of nitrogens with one attached hydrogen (secondary N) is 1. The molecule has 0 saturated heterocycles. The third-order valence-electron chi connectivity index (χ3n) is 6.72. The highest BCUT2D eigenvalue weighted by atomic mass is 32.1. The summed E-state index contributed by atoms with van der Waals surface area (Å²) in [6.07, 6.45) is 12.9. The lowest BCUT2D eigenvalue weighted by Crippen LogP contribution is -2.22. The van der Waals surface area contributed by atoms with E-state index in [1.54, 1.807) is 17.7 Å². The maximum absolute atomic E-state index is 5.21. The molecule has 2 aliphatic rings. The number of thiophene rings is 1. The van der Waals surface area contributed by atoms with Crippen LogP contribution in [0.3, 0.4) is 0 Å². The first-order valence-corrected chi connectivity index (χ1v) is 12.1. The Morgan fingerprint density at radius 3 is 2.50 bits per heavy atom. The molecule has 0 amide bonds. The highest BCUT2D eigenvalue weighted by Crippen LogP contribution is 2.43. The van der Waals surface area contributed by atoms with Crippen molar-refractivity contribution < 1.29 is 0 Å². The molecular formula is C25H26N4S. The van der Waals surface area contributed by atoms with Gasteiger partial charge in [0.05, 0.1) is 15.9 Å². The molecule has 4 nitrogen and oxygen atoms in total. The van der Waals surface area contributed by atoms with Crippen LogP contribution in [0.1, 0.15) is 56.1 Å². The summed E-state index contributed by atoms with van der Waals surface area (Å²) >= 11 is 1.76. The second kappa shape index (κ2) is 7.62. The number of pyridine rings is 1. The van der Waals surface area contributed by atoms with Gasteiger partial charge in [0.1, 0.15) is 17.0 Å². The number of anilines is 1. The first-order chi connectivity index (χ1) is 14.9. The summed E-state index contributed by atoms with van der Waals surface area (Å²) in [6, 6.07) is 11.2. The zero-order valence-electron chi connectivity index (χ0n) is 17.2. The van der Waals surface area contributed by atoms with E-state index in [2.05, 4.69) is 40.6 Å². The van der Waals surface area contributed by atoms with Crippen molar-refractivity contribution in [2.75, 3.05) is 5.32 Å². The van der Waals surface area contributed by atoms with Gasteiger partial charge in [-0.05, 0) is 49.7 Å². The van der Waals surface area contributed by atoms with Gasteiger partial charge in [0.2, 0.25) is 0 Å². The molecule has 3 aromatic heterocycles. The minimum absolute atomic E-state index is 0.531. The predicted molar refractivity (Wildman–Crippen MR) is 125 cm³/mol. The average molecular weight is 415 g/mol. The van der Waals surface area contributed by atoms with E-state index in [1.165, 1.54) is 77.4 Å². The van der Waals surface area contributed by atoms with Crippen LogP contribution in [0.25, 0.3) is 31.7 Å². The zero-order chi connectivity index (χ0) is 19.9. The Morgan fingerprint density at radius 1 is 0.867 bits per heavy atom. The van der Waals surface area contributed by atoms with Gasteiger partial charge in [-0.3, -0.25) is 0 Å². The van der Waals surface area contributed by atoms with Gasteiger partial charge >= 0.3 is 0 Å². The smallest absolute Gasteiger partial charge is 0.147 e. The molecule has 0 spiro atoms. The van der Waals surface area contributed by atoms with Crippen molar-refractivity contribution >= 4 is 37.6 Å². The normalized spacial score (nSPS) is 17.3. The van der Waals surface area contributed by atoms with Crippen LogP contribution in [0.15, 0.2) is 36.7 Å². The van der Waals surface area contributed by atoms with Crippen LogP contribution >= 0.6 is 11.3 Å². The lowest BCUT2D eigenvalue weighted by molar-refractivity contribution is 0.462. The molecule has 0 unspecified atom stereocenters.